The van der Waals surface area contributed by atoms with E-state index >= 15 is 0 Å². The summed E-state index contributed by atoms with van der Waals surface area (Å²) in [6.07, 6.45) is 0.685. The maximum Gasteiger partial charge on any atom is 0.240 e. The maximum atomic E-state index is 11.3. The highest BCUT2D eigenvalue weighted by Gasteiger charge is 2.20. The maximum absolute atomic E-state index is 11.3. The molecule has 4 N–H and O–H groups in total. The second-order valence-electron chi connectivity index (χ2n) is 3.77. The lowest BCUT2D eigenvalue weighted by atomic mass is 10.1. The number of hydrogen-bond acceptors (Lipinski definition) is 3. The zero-order chi connectivity index (χ0) is 12.1. The van der Waals surface area contributed by atoms with Gasteiger partial charge in [0.25, 0.3) is 0 Å². The van der Waals surface area contributed by atoms with Crippen molar-refractivity contribution in [3.8, 4) is 0 Å². The van der Waals surface area contributed by atoms with Crippen molar-refractivity contribution >= 4 is 11.6 Å². The van der Waals surface area contributed by atoms with E-state index in [1.807, 2.05) is 43.1 Å². The van der Waals surface area contributed by atoms with Gasteiger partial charge in [-0.25, -0.2) is 0 Å². The van der Waals surface area contributed by atoms with Crippen LogP contribution in [0.3, 0.4) is 0 Å². The predicted octanol–water partition coefficient (Wildman–Crippen LogP) is 0.845. The third-order valence-electron chi connectivity index (χ3n) is 2.77. The van der Waals surface area contributed by atoms with Gasteiger partial charge in [-0.15, -0.1) is 0 Å². The zero-order valence-electron chi connectivity index (χ0n) is 9.81. The molecule has 0 bridgehead atoms. The number of likely N-dealkylation sites (N-methyl/N-ethyl adjacent to an activating group) is 1. The fraction of sp³-hybridized carbons (Fsp3) is 0.417. The minimum Gasteiger partial charge on any atom is -0.368 e. The third-order valence-corrected chi connectivity index (χ3v) is 2.77. The van der Waals surface area contributed by atoms with Crippen molar-refractivity contribution in [3.05, 3.63) is 29.8 Å². The third kappa shape index (κ3) is 2.52. The summed E-state index contributed by atoms with van der Waals surface area (Å²) in [5, 5.41) is 0. The molecule has 1 amide bonds. The van der Waals surface area contributed by atoms with E-state index in [0.717, 1.165) is 11.3 Å². The molecule has 0 aromatic heterocycles. The van der Waals surface area contributed by atoms with Crippen LogP contribution in [-0.4, -0.2) is 19.0 Å². The molecule has 0 saturated carbocycles. The predicted molar refractivity (Wildman–Crippen MR) is 66.0 cm³/mol. The van der Waals surface area contributed by atoms with Gasteiger partial charge in [0.2, 0.25) is 5.91 Å². The van der Waals surface area contributed by atoms with Gasteiger partial charge < -0.3 is 16.4 Å². The molecule has 0 heterocycles. The van der Waals surface area contributed by atoms with Crippen molar-refractivity contribution in [2.24, 2.45) is 11.5 Å². The molecule has 0 radical (unpaired) electrons. The second-order valence-corrected chi connectivity index (χ2v) is 3.77. The van der Waals surface area contributed by atoms with Gasteiger partial charge in [-0.2, -0.15) is 0 Å². The molecule has 16 heavy (non-hydrogen) atoms. The molecule has 0 aliphatic heterocycles. The molecule has 0 fully saturated rings. The molecule has 1 unspecified atom stereocenters. The number of rotatable bonds is 5. The Balaban J connectivity index is 3.02. The number of primary amides is 1. The van der Waals surface area contributed by atoms with Crippen molar-refractivity contribution in [2.75, 3.05) is 11.9 Å². The Bertz CT molecular complexity index is 365. The van der Waals surface area contributed by atoms with Crippen LogP contribution in [0.4, 0.5) is 5.69 Å². The second kappa shape index (κ2) is 5.51. The lowest BCUT2D eigenvalue weighted by Crippen LogP contribution is -2.42. The molecule has 0 aliphatic carbocycles. The van der Waals surface area contributed by atoms with E-state index in [1.54, 1.807) is 0 Å². The van der Waals surface area contributed by atoms with E-state index in [-0.39, 0.29) is 11.9 Å². The van der Waals surface area contributed by atoms with E-state index in [4.69, 9.17) is 11.5 Å². The van der Waals surface area contributed by atoms with Gasteiger partial charge in [-0.05, 0) is 18.1 Å². The fourth-order valence-corrected chi connectivity index (χ4v) is 1.86. The van der Waals surface area contributed by atoms with Crippen molar-refractivity contribution in [3.63, 3.8) is 0 Å². The van der Waals surface area contributed by atoms with Crippen LogP contribution in [-0.2, 0) is 11.3 Å². The quantitative estimate of drug-likeness (QED) is 0.774. The lowest BCUT2D eigenvalue weighted by molar-refractivity contribution is -0.119. The van der Waals surface area contributed by atoms with Crippen molar-refractivity contribution < 1.29 is 4.79 Å². The minimum absolute atomic E-state index is 0.285. The van der Waals surface area contributed by atoms with E-state index in [2.05, 4.69) is 0 Å². The molecule has 0 spiro atoms. The normalized spacial score (nSPS) is 12.2. The van der Waals surface area contributed by atoms with Gasteiger partial charge in [0.15, 0.2) is 0 Å². The molecule has 1 atom stereocenters. The average molecular weight is 221 g/mol. The number of nitrogens with two attached hydrogens (primary N) is 2. The zero-order valence-corrected chi connectivity index (χ0v) is 9.81. The highest BCUT2D eigenvalue weighted by atomic mass is 16.1. The summed E-state index contributed by atoms with van der Waals surface area (Å²) < 4.78 is 0. The summed E-state index contributed by atoms with van der Waals surface area (Å²) in [6, 6.07) is 7.49. The van der Waals surface area contributed by atoms with Crippen LogP contribution in [0.25, 0.3) is 0 Å². The largest absolute Gasteiger partial charge is 0.368 e. The molecule has 0 saturated heterocycles. The molecule has 1 aromatic carbocycles. The molecule has 1 rings (SSSR count). The first kappa shape index (κ1) is 12.5. The molecular weight excluding hydrogens is 202 g/mol. The van der Waals surface area contributed by atoms with E-state index < -0.39 is 0 Å². The number of anilines is 1. The van der Waals surface area contributed by atoms with Gasteiger partial charge in [0.1, 0.15) is 6.04 Å². The molecular formula is C12H19N3O. The van der Waals surface area contributed by atoms with Gasteiger partial charge in [0, 0.05) is 19.3 Å². The Morgan fingerprint density at radius 1 is 1.44 bits per heavy atom. The monoisotopic (exact) mass is 221 g/mol. The van der Waals surface area contributed by atoms with Crippen LogP contribution in [0, 0.1) is 0 Å². The van der Waals surface area contributed by atoms with Gasteiger partial charge in [-0.1, -0.05) is 25.1 Å². The highest BCUT2D eigenvalue weighted by Crippen LogP contribution is 2.21. The van der Waals surface area contributed by atoms with Crippen LogP contribution in [0.1, 0.15) is 18.9 Å². The van der Waals surface area contributed by atoms with Crippen LogP contribution in [0.15, 0.2) is 24.3 Å². The van der Waals surface area contributed by atoms with Gasteiger partial charge in [0.05, 0.1) is 0 Å². The van der Waals surface area contributed by atoms with Crippen molar-refractivity contribution in [1.82, 2.24) is 0 Å². The Hall–Kier alpha value is -1.55. The first-order valence-corrected chi connectivity index (χ1v) is 5.42. The molecule has 4 heteroatoms. The van der Waals surface area contributed by atoms with Crippen LogP contribution in [0.5, 0.6) is 0 Å². The first-order valence-electron chi connectivity index (χ1n) is 5.42. The number of para-hydroxylation sites is 1. The van der Waals surface area contributed by atoms with Gasteiger partial charge in [-0.3, -0.25) is 4.79 Å². The fourth-order valence-electron chi connectivity index (χ4n) is 1.86. The number of carbonyl (C=O) groups excluding carboxylic acids is 1. The summed E-state index contributed by atoms with van der Waals surface area (Å²) in [5.74, 6) is -0.308. The Kier molecular flexibility index (Phi) is 4.31. The average Bonchev–Trinajstić information content (AvgIpc) is 2.29. The van der Waals surface area contributed by atoms with Crippen molar-refractivity contribution in [2.45, 2.75) is 25.9 Å². The Labute approximate surface area is 96.2 Å². The summed E-state index contributed by atoms with van der Waals surface area (Å²) in [5.41, 5.74) is 13.0. The molecule has 4 nitrogen and oxygen atoms in total. The van der Waals surface area contributed by atoms with Crippen LogP contribution < -0.4 is 16.4 Å². The number of nitrogens with zero attached hydrogens (tertiary/aromatic N) is 1. The Morgan fingerprint density at radius 2 is 2.06 bits per heavy atom. The van der Waals surface area contributed by atoms with E-state index in [1.165, 1.54) is 0 Å². The standard InChI is InChI=1S/C12H19N3O/c1-3-10(12(14)16)15(2)11-7-5-4-6-9(11)8-13/h4-7,10H,3,8,13H2,1-2H3,(H2,14,16). The number of amides is 1. The summed E-state index contributed by atoms with van der Waals surface area (Å²) in [4.78, 5) is 13.2. The van der Waals surface area contributed by atoms with Crippen LogP contribution in [0.2, 0.25) is 0 Å². The molecule has 88 valence electrons. The first-order chi connectivity index (χ1) is 7.61. The summed E-state index contributed by atoms with van der Waals surface area (Å²) in [6.45, 7) is 2.40. The van der Waals surface area contributed by atoms with E-state index in [0.29, 0.717) is 13.0 Å². The van der Waals surface area contributed by atoms with Crippen LogP contribution >= 0.6 is 0 Å². The summed E-state index contributed by atoms with van der Waals surface area (Å²) in [7, 11) is 1.87. The Morgan fingerprint density at radius 3 is 2.56 bits per heavy atom. The number of carbonyl (C=O) groups is 1. The summed E-state index contributed by atoms with van der Waals surface area (Å²) >= 11 is 0. The number of benzene rings is 1. The molecule has 1 aromatic rings. The van der Waals surface area contributed by atoms with E-state index in [9.17, 15) is 4.79 Å². The molecule has 0 aliphatic rings. The van der Waals surface area contributed by atoms with Crippen molar-refractivity contribution in [1.29, 1.82) is 0 Å². The lowest BCUT2D eigenvalue weighted by Gasteiger charge is -2.28. The minimum atomic E-state index is -0.308. The highest BCUT2D eigenvalue weighted by molar-refractivity contribution is 5.83. The topological polar surface area (TPSA) is 72.4 Å². The smallest absolute Gasteiger partial charge is 0.240 e. The SMILES string of the molecule is CCC(C(N)=O)N(C)c1ccccc1CN. The number of hydrogen-bond donors (Lipinski definition) is 2. The van der Waals surface area contributed by atoms with Gasteiger partial charge >= 0.3 is 0 Å².